The topological polar surface area (TPSA) is 156 Å². The van der Waals surface area contributed by atoms with Crippen LogP contribution >= 0.6 is 0 Å². The van der Waals surface area contributed by atoms with E-state index in [2.05, 4.69) is 76.2 Å². The van der Waals surface area contributed by atoms with E-state index in [4.69, 9.17) is 9.47 Å². The van der Waals surface area contributed by atoms with Crippen LogP contribution in [0, 0.1) is 0 Å². The summed E-state index contributed by atoms with van der Waals surface area (Å²) in [4.78, 5) is 69.9. The molecule has 3 aliphatic rings. The molecule has 72 heavy (non-hydrogen) atoms. The summed E-state index contributed by atoms with van der Waals surface area (Å²) in [7, 11) is 3.03. The first-order valence-electron chi connectivity index (χ1n) is 24.8. The molecule has 0 bridgehead atoms. The number of aromatic nitrogens is 3. The number of ether oxygens (including phenoxy) is 2. The second kappa shape index (κ2) is 18.9. The Kier molecular flexibility index (Phi) is 12.1. The van der Waals surface area contributed by atoms with E-state index in [1.165, 1.54) is 7.11 Å². The quantitative estimate of drug-likeness (QED) is 0.0453. The first-order valence-corrected chi connectivity index (χ1v) is 24.8. The highest BCUT2D eigenvalue weighted by Gasteiger charge is 2.36. The summed E-state index contributed by atoms with van der Waals surface area (Å²) in [6.45, 7) is 8.51. The molecule has 11 rings (SSSR count). The van der Waals surface area contributed by atoms with Gasteiger partial charge < -0.3 is 44.4 Å². The monoisotopic (exact) mass is 959 g/mol. The third-order valence-electron chi connectivity index (χ3n) is 15.1. The smallest absolute Gasteiger partial charge is 0.354 e. The maximum Gasteiger partial charge on any atom is 0.354 e. The minimum Gasteiger partial charge on any atom is -0.497 e. The summed E-state index contributed by atoms with van der Waals surface area (Å²) in [5.74, 6) is 0.218. The number of carbonyl (C=O) groups excluding carboxylic acids is 4. The Hall–Kier alpha value is -8.16. The summed E-state index contributed by atoms with van der Waals surface area (Å²) in [5, 5.41) is 6.71. The highest BCUT2D eigenvalue weighted by Crippen LogP contribution is 2.41. The SMILES string of the molecule is C=C/C=C(\C)C(NCCCCCC(=O)N1CCc2c1ccc1[nH]c(C(=O)N3CCc4c3ccc3[nH]c(C(=O)N5CCc6c5ccc5[nH]c(C(=O)OC)cc65)cc43)cc21)(c1ccccc1)c1ccc(OC)cc1. The van der Waals surface area contributed by atoms with Crippen LogP contribution in [0.5, 0.6) is 5.75 Å². The van der Waals surface area contributed by atoms with Gasteiger partial charge in [0.05, 0.1) is 19.8 Å². The summed E-state index contributed by atoms with van der Waals surface area (Å²) in [5.41, 5.74) is 12.4. The van der Waals surface area contributed by atoms with Crippen LogP contribution in [0.15, 0.2) is 133 Å². The number of fused-ring (bicyclic) bond motifs is 9. The van der Waals surface area contributed by atoms with Gasteiger partial charge in [0.15, 0.2) is 0 Å². The fourth-order valence-electron chi connectivity index (χ4n) is 11.5. The van der Waals surface area contributed by atoms with Crippen molar-refractivity contribution in [3.8, 4) is 5.75 Å². The molecule has 13 heteroatoms. The average molecular weight is 960 g/mol. The number of unbranched alkanes of at least 4 members (excludes halogenated alkanes) is 2. The summed E-state index contributed by atoms with van der Waals surface area (Å²) in [6.07, 6.45) is 8.94. The molecule has 1 unspecified atom stereocenters. The number of benzene rings is 5. The molecule has 0 saturated carbocycles. The number of nitrogens with one attached hydrogen (secondary N) is 4. The Balaban J connectivity index is 0.740. The number of methoxy groups -OCH3 is 2. The van der Waals surface area contributed by atoms with Gasteiger partial charge in [-0.25, -0.2) is 4.79 Å². The van der Waals surface area contributed by atoms with Gasteiger partial charge >= 0.3 is 5.97 Å². The van der Waals surface area contributed by atoms with Crippen molar-refractivity contribution < 1.29 is 28.7 Å². The van der Waals surface area contributed by atoms with Crippen LogP contribution in [0.2, 0.25) is 0 Å². The summed E-state index contributed by atoms with van der Waals surface area (Å²) in [6, 6.07) is 36.0. The predicted molar refractivity (Wildman–Crippen MR) is 284 cm³/mol. The molecule has 0 fully saturated rings. The van der Waals surface area contributed by atoms with E-state index in [1.807, 2.05) is 82.6 Å². The second-order valence-corrected chi connectivity index (χ2v) is 19.0. The zero-order chi connectivity index (χ0) is 49.7. The van der Waals surface area contributed by atoms with E-state index >= 15 is 0 Å². The molecule has 0 radical (unpaired) electrons. The average Bonchev–Trinajstić information content (AvgIpc) is 4.28. The maximum absolute atomic E-state index is 14.3. The number of aromatic amines is 3. The molecule has 3 amide bonds. The third kappa shape index (κ3) is 7.84. The van der Waals surface area contributed by atoms with Crippen molar-refractivity contribution >= 4 is 73.5 Å². The van der Waals surface area contributed by atoms with E-state index in [0.29, 0.717) is 62.4 Å². The molecule has 5 aromatic carbocycles. The van der Waals surface area contributed by atoms with Crippen molar-refractivity contribution in [3.63, 3.8) is 0 Å². The van der Waals surface area contributed by atoms with Gasteiger partial charge in [-0.3, -0.25) is 14.4 Å². The van der Waals surface area contributed by atoms with Gasteiger partial charge in [-0.05, 0) is 146 Å². The Morgan fingerprint density at radius 1 is 0.625 bits per heavy atom. The van der Waals surface area contributed by atoms with Crippen LogP contribution in [-0.4, -0.2) is 79.0 Å². The van der Waals surface area contributed by atoms with Gasteiger partial charge in [-0.2, -0.15) is 0 Å². The van der Waals surface area contributed by atoms with Gasteiger partial charge in [0.25, 0.3) is 11.8 Å². The van der Waals surface area contributed by atoms with Gasteiger partial charge in [-0.1, -0.05) is 67.6 Å². The van der Waals surface area contributed by atoms with E-state index < -0.39 is 11.5 Å². The number of nitrogens with zero attached hydrogens (tertiary/aromatic N) is 3. The van der Waals surface area contributed by atoms with Crippen LogP contribution in [-0.2, 0) is 34.3 Å². The van der Waals surface area contributed by atoms with Crippen molar-refractivity contribution in [3.05, 3.63) is 178 Å². The number of allylic oxidation sites excluding steroid dienone is 2. The molecule has 0 spiro atoms. The second-order valence-electron chi connectivity index (χ2n) is 19.0. The molecular formula is C59H57N7O6. The molecule has 13 nitrogen and oxygen atoms in total. The molecule has 4 N–H and O–H groups in total. The number of esters is 1. The first-order chi connectivity index (χ1) is 35.1. The number of rotatable bonds is 15. The van der Waals surface area contributed by atoms with Crippen LogP contribution in [0.4, 0.5) is 17.1 Å². The van der Waals surface area contributed by atoms with Gasteiger partial charge in [0.2, 0.25) is 5.91 Å². The highest BCUT2D eigenvalue weighted by atomic mass is 16.5. The zero-order valence-electron chi connectivity index (χ0n) is 40.8. The summed E-state index contributed by atoms with van der Waals surface area (Å²) < 4.78 is 10.4. The van der Waals surface area contributed by atoms with Crippen molar-refractivity contribution in [1.82, 2.24) is 20.3 Å². The molecule has 1 atom stereocenters. The molecule has 6 heterocycles. The molecule has 3 aliphatic heterocycles. The lowest BCUT2D eigenvalue weighted by atomic mass is 9.76. The van der Waals surface area contributed by atoms with Gasteiger partial charge in [-0.15, -0.1) is 0 Å². The summed E-state index contributed by atoms with van der Waals surface area (Å²) >= 11 is 0. The van der Waals surface area contributed by atoms with Crippen LogP contribution in [0.1, 0.15) is 91.9 Å². The Morgan fingerprint density at radius 3 is 1.65 bits per heavy atom. The van der Waals surface area contributed by atoms with Crippen molar-refractivity contribution in [2.45, 2.75) is 57.4 Å². The first kappa shape index (κ1) is 46.2. The molecule has 8 aromatic rings. The molecule has 0 aliphatic carbocycles. The Bertz CT molecular complexity index is 3490. The number of anilines is 3. The fourth-order valence-corrected chi connectivity index (χ4v) is 11.5. The number of hydrogen-bond acceptors (Lipinski definition) is 7. The van der Waals surface area contributed by atoms with Crippen molar-refractivity contribution in [1.29, 1.82) is 0 Å². The van der Waals surface area contributed by atoms with E-state index in [0.717, 1.165) is 115 Å². The fraction of sp³-hybridized carbons (Fsp3) is 0.254. The Morgan fingerprint density at radius 2 is 1.12 bits per heavy atom. The molecular weight excluding hydrogens is 903 g/mol. The van der Waals surface area contributed by atoms with Crippen LogP contribution in [0.3, 0.4) is 0 Å². The zero-order valence-corrected chi connectivity index (χ0v) is 40.8. The highest BCUT2D eigenvalue weighted by molar-refractivity contribution is 6.13. The molecule has 3 aromatic heterocycles. The third-order valence-corrected chi connectivity index (χ3v) is 15.1. The van der Waals surface area contributed by atoms with E-state index in [1.54, 1.807) is 18.1 Å². The largest absolute Gasteiger partial charge is 0.497 e. The molecule has 0 saturated heterocycles. The van der Waals surface area contributed by atoms with E-state index in [-0.39, 0.29) is 17.7 Å². The van der Waals surface area contributed by atoms with Gasteiger partial charge in [0.1, 0.15) is 22.8 Å². The minimum atomic E-state index is -0.574. The number of hydrogen-bond donors (Lipinski definition) is 4. The predicted octanol–water partition coefficient (Wildman–Crippen LogP) is 10.4. The minimum absolute atomic E-state index is 0.114. The lowest BCUT2D eigenvalue weighted by Gasteiger charge is -2.38. The number of amides is 3. The number of carbonyl (C=O) groups is 4. The van der Waals surface area contributed by atoms with Crippen LogP contribution < -0.4 is 24.8 Å². The standard InChI is InChI=1S/C59H57N7O6/c1-5-12-36(2)59(37-13-8-6-9-14-37,38-16-18-39(71-3)19-17-38)60-29-11-7-10-15-55(67)64-30-26-40-43-33-49(61-46(43)20-23-52(40)64)56(68)65-31-27-41-44-34-50(62-47(44)21-24-53(41)65)57(69)66-32-28-42-45-35-51(58(70)72-4)63-48(45)22-25-54(42)66/h5-6,8-9,12-14,16-25,33-35,60-63H,1,7,10-11,15,26-32H2,2-4H3/b36-12+. The number of H-pyrrole nitrogens is 3. The van der Waals surface area contributed by atoms with Crippen molar-refractivity contribution in [2.75, 3.05) is 55.1 Å². The Labute approximate surface area is 417 Å². The van der Waals surface area contributed by atoms with Crippen molar-refractivity contribution in [2.24, 2.45) is 0 Å². The maximum atomic E-state index is 14.3. The lowest BCUT2D eigenvalue weighted by molar-refractivity contribution is -0.118. The molecule has 364 valence electrons. The van der Waals surface area contributed by atoms with Crippen LogP contribution in [0.25, 0.3) is 32.7 Å². The normalized spacial score (nSPS) is 15.0. The van der Waals surface area contributed by atoms with Gasteiger partial charge in [0, 0.05) is 75.8 Å². The lowest BCUT2D eigenvalue weighted by Crippen LogP contribution is -2.45. The van der Waals surface area contributed by atoms with E-state index in [9.17, 15) is 19.2 Å².